The van der Waals surface area contributed by atoms with Gasteiger partial charge in [-0.05, 0) is 31.4 Å². The molecule has 5 rings (SSSR count). The van der Waals surface area contributed by atoms with Gasteiger partial charge in [-0.3, -0.25) is 15.2 Å². The number of aromatic nitrogens is 3. The van der Waals surface area contributed by atoms with Crippen molar-refractivity contribution in [2.75, 3.05) is 10.6 Å². The molecular formula is C22H22F3N7O3. The van der Waals surface area contributed by atoms with Crippen molar-refractivity contribution in [2.24, 2.45) is 5.92 Å². The number of pyridine rings is 1. The van der Waals surface area contributed by atoms with E-state index in [9.17, 15) is 18.0 Å². The fourth-order valence-corrected chi connectivity index (χ4v) is 3.88. The lowest BCUT2D eigenvalue weighted by atomic mass is 9.93. The highest BCUT2D eigenvalue weighted by Gasteiger charge is 2.41. The van der Waals surface area contributed by atoms with Gasteiger partial charge in [0.25, 0.3) is 5.91 Å². The second-order valence-corrected chi connectivity index (χ2v) is 8.77. The maximum atomic E-state index is 13.7. The molecule has 0 spiro atoms. The third kappa shape index (κ3) is 4.71. The van der Waals surface area contributed by atoms with Crippen LogP contribution >= 0.6 is 0 Å². The number of nitrogens with zero attached hydrogens (tertiary/aromatic N) is 4. The number of anilines is 2. The minimum Gasteiger partial charge on any atom is -0.362 e. The van der Waals surface area contributed by atoms with Crippen LogP contribution in [0.3, 0.4) is 0 Å². The van der Waals surface area contributed by atoms with Gasteiger partial charge in [0.05, 0.1) is 5.69 Å². The number of fused-ring (bicyclic) bond motifs is 1. The van der Waals surface area contributed by atoms with Crippen LogP contribution in [0.5, 0.6) is 5.75 Å². The monoisotopic (exact) mass is 489 g/mol. The lowest BCUT2D eigenvalue weighted by Crippen LogP contribution is -2.45. The molecule has 1 aliphatic heterocycles. The van der Waals surface area contributed by atoms with E-state index in [1.165, 1.54) is 0 Å². The second kappa shape index (κ2) is 8.41. The highest BCUT2D eigenvalue weighted by Crippen LogP contribution is 2.41. The first-order valence-corrected chi connectivity index (χ1v) is 10.9. The molecule has 1 aromatic carbocycles. The van der Waals surface area contributed by atoms with Crippen molar-refractivity contribution in [1.82, 2.24) is 26.0 Å². The van der Waals surface area contributed by atoms with Crippen molar-refractivity contribution in [3.8, 4) is 5.75 Å². The standard InChI is InChI=1S/C22H22F3N7O3/c1-12-27-20(30-34-12)21(2,10-13-7-8-13)28-19(33)16-9-18(14(11-26-16)22(23,24)25)35-32-17-6-4-3-5-15(17)29-31-32/h3-6,9,11,13,29,31H,7-8,10H2,1-2H3,(H,28,33). The molecule has 2 aliphatic rings. The predicted molar refractivity (Wildman–Crippen MR) is 117 cm³/mol. The minimum absolute atomic E-state index is 0.254. The zero-order valence-electron chi connectivity index (χ0n) is 18.8. The SMILES string of the molecule is Cc1nc(C(C)(CC2CC2)NC(=O)c2cc(ON3NNc4ccccc43)c(C(F)(F)F)cn2)no1. The number of halogens is 3. The molecule has 3 N–H and O–H groups in total. The fourth-order valence-electron chi connectivity index (χ4n) is 3.88. The van der Waals surface area contributed by atoms with Gasteiger partial charge in [0.15, 0.2) is 11.6 Å². The van der Waals surface area contributed by atoms with Gasteiger partial charge in [-0.1, -0.05) is 30.1 Å². The fraction of sp³-hybridized carbons (Fsp3) is 0.364. The smallest absolute Gasteiger partial charge is 0.362 e. The molecule has 0 radical (unpaired) electrons. The molecule has 1 unspecified atom stereocenters. The molecule has 1 amide bonds. The summed E-state index contributed by atoms with van der Waals surface area (Å²) >= 11 is 0. The Morgan fingerprint density at radius 1 is 1.31 bits per heavy atom. The lowest BCUT2D eigenvalue weighted by molar-refractivity contribution is -0.139. The summed E-state index contributed by atoms with van der Waals surface area (Å²) in [5.74, 6) is -0.272. The predicted octanol–water partition coefficient (Wildman–Crippen LogP) is 3.88. The molecule has 3 heterocycles. The van der Waals surface area contributed by atoms with Gasteiger partial charge < -0.3 is 14.7 Å². The Morgan fingerprint density at radius 3 is 2.77 bits per heavy atom. The molecule has 3 aromatic rings. The Morgan fingerprint density at radius 2 is 2.09 bits per heavy atom. The first-order valence-electron chi connectivity index (χ1n) is 10.9. The highest BCUT2D eigenvalue weighted by molar-refractivity contribution is 5.93. The average molecular weight is 489 g/mol. The van der Waals surface area contributed by atoms with Crippen LogP contribution in [0.1, 0.15) is 54.0 Å². The third-order valence-electron chi connectivity index (χ3n) is 5.81. The Hall–Kier alpha value is -3.87. The number of rotatable bonds is 7. The number of alkyl halides is 3. The molecule has 184 valence electrons. The summed E-state index contributed by atoms with van der Waals surface area (Å²) in [4.78, 5) is 26.7. The van der Waals surface area contributed by atoms with E-state index < -0.39 is 28.9 Å². The van der Waals surface area contributed by atoms with Crippen molar-refractivity contribution in [3.63, 3.8) is 0 Å². The summed E-state index contributed by atoms with van der Waals surface area (Å²) in [6.07, 6.45) is -1.60. The topological polar surface area (TPSA) is 117 Å². The summed E-state index contributed by atoms with van der Waals surface area (Å²) in [7, 11) is 0. The molecule has 1 aliphatic carbocycles. The minimum atomic E-state index is -4.76. The van der Waals surface area contributed by atoms with Crippen LogP contribution in [-0.2, 0) is 11.7 Å². The van der Waals surface area contributed by atoms with Crippen LogP contribution in [0.4, 0.5) is 24.5 Å². The molecule has 1 fully saturated rings. The number of carbonyl (C=O) groups excluding carboxylic acids is 1. The van der Waals surface area contributed by atoms with Gasteiger partial charge in [-0.2, -0.15) is 18.2 Å². The van der Waals surface area contributed by atoms with Crippen LogP contribution < -0.4 is 26.3 Å². The highest BCUT2D eigenvalue weighted by atomic mass is 19.4. The molecule has 13 heteroatoms. The number of hydrazine groups is 2. The Balaban J connectivity index is 1.44. The largest absolute Gasteiger partial charge is 0.421 e. The first kappa shape index (κ1) is 22.9. The van der Waals surface area contributed by atoms with Gasteiger partial charge in [0, 0.05) is 19.2 Å². The molecule has 0 bridgehead atoms. The van der Waals surface area contributed by atoms with E-state index in [-0.39, 0.29) is 5.69 Å². The van der Waals surface area contributed by atoms with Gasteiger partial charge in [0.2, 0.25) is 5.89 Å². The molecular weight excluding hydrogens is 467 g/mol. The van der Waals surface area contributed by atoms with E-state index in [0.29, 0.717) is 41.6 Å². The summed E-state index contributed by atoms with van der Waals surface area (Å²) in [6, 6.07) is 7.81. The van der Waals surface area contributed by atoms with Crippen molar-refractivity contribution in [1.29, 1.82) is 0 Å². The summed E-state index contributed by atoms with van der Waals surface area (Å²) in [5, 5.41) is 7.84. The van der Waals surface area contributed by atoms with E-state index in [4.69, 9.17) is 9.36 Å². The number of hydrogen-bond acceptors (Lipinski definition) is 9. The van der Waals surface area contributed by atoms with Crippen LogP contribution in [-0.4, -0.2) is 21.0 Å². The van der Waals surface area contributed by atoms with Crippen molar-refractivity contribution in [3.05, 3.63) is 59.5 Å². The van der Waals surface area contributed by atoms with E-state index in [1.54, 1.807) is 38.1 Å². The number of nitrogens with one attached hydrogen (secondary N) is 3. The van der Waals surface area contributed by atoms with Crippen molar-refractivity contribution >= 4 is 17.3 Å². The zero-order valence-corrected chi connectivity index (χ0v) is 18.8. The van der Waals surface area contributed by atoms with Gasteiger partial charge in [-0.25, -0.2) is 0 Å². The molecule has 1 atom stereocenters. The maximum absolute atomic E-state index is 13.7. The Labute approximate surface area is 197 Å². The third-order valence-corrected chi connectivity index (χ3v) is 5.81. The second-order valence-electron chi connectivity index (χ2n) is 8.77. The average Bonchev–Trinajstić information content (AvgIpc) is 3.34. The van der Waals surface area contributed by atoms with E-state index in [0.717, 1.165) is 24.1 Å². The van der Waals surface area contributed by atoms with Crippen LogP contribution in [0.2, 0.25) is 0 Å². The van der Waals surface area contributed by atoms with Crippen molar-refractivity contribution in [2.45, 2.75) is 44.8 Å². The molecule has 10 nitrogen and oxygen atoms in total. The summed E-state index contributed by atoms with van der Waals surface area (Å²) < 4.78 is 46.2. The normalized spacial score (nSPS) is 16.9. The summed E-state index contributed by atoms with van der Waals surface area (Å²) in [5.41, 5.74) is 4.13. The Bertz CT molecular complexity index is 1260. The number of benzene rings is 1. The number of para-hydroxylation sites is 2. The van der Waals surface area contributed by atoms with E-state index in [1.807, 2.05) is 0 Å². The van der Waals surface area contributed by atoms with Crippen LogP contribution in [0.15, 0.2) is 41.1 Å². The van der Waals surface area contributed by atoms with E-state index >= 15 is 0 Å². The van der Waals surface area contributed by atoms with Crippen molar-refractivity contribution < 1.29 is 27.3 Å². The maximum Gasteiger partial charge on any atom is 0.421 e. The van der Waals surface area contributed by atoms with Crippen LogP contribution in [0, 0.1) is 12.8 Å². The number of amides is 1. The van der Waals surface area contributed by atoms with E-state index in [2.05, 4.69) is 31.4 Å². The number of carbonyl (C=O) groups is 1. The van der Waals surface area contributed by atoms with Gasteiger partial charge in [0.1, 0.15) is 22.5 Å². The quantitative estimate of drug-likeness (QED) is 0.454. The number of hydrogen-bond donors (Lipinski definition) is 3. The van der Waals surface area contributed by atoms with Gasteiger partial charge >= 0.3 is 6.18 Å². The zero-order chi connectivity index (χ0) is 24.8. The lowest BCUT2D eigenvalue weighted by Gasteiger charge is -2.27. The molecule has 2 aromatic heterocycles. The molecule has 0 saturated heterocycles. The summed E-state index contributed by atoms with van der Waals surface area (Å²) in [6.45, 7) is 3.39. The number of aryl methyl sites for hydroxylation is 1. The van der Waals surface area contributed by atoms with Gasteiger partial charge in [-0.15, -0.1) is 10.7 Å². The van der Waals surface area contributed by atoms with Crippen LogP contribution in [0.25, 0.3) is 0 Å². The first-order chi connectivity index (χ1) is 16.6. The molecule has 35 heavy (non-hydrogen) atoms. The molecule has 1 saturated carbocycles. The Kier molecular flexibility index (Phi) is 5.50.